The van der Waals surface area contributed by atoms with Gasteiger partial charge in [0, 0.05) is 11.3 Å². The van der Waals surface area contributed by atoms with E-state index in [0.29, 0.717) is 39.4 Å². The number of amides is 1. The summed E-state index contributed by atoms with van der Waals surface area (Å²) < 4.78 is 11.5. The van der Waals surface area contributed by atoms with Gasteiger partial charge in [0.15, 0.2) is 0 Å². The number of rotatable bonds is 6. The van der Waals surface area contributed by atoms with Gasteiger partial charge in [-0.25, -0.2) is 0 Å². The number of ether oxygens (including phenoxy) is 2. The number of para-hydroxylation sites is 1. The van der Waals surface area contributed by atoms with Gasteiger partial charge in [-0.05, 0) is 70.9 Å². The van der Waals surface area contributed by atoms with Gasteiger partial charge < -0.3 is 14.6 Å². The molecule has 1 unspecified atom stereocenters. The fraction of sp³-hybridized carbons (Fsp3) is 0.154. The molecule has 3 aromatic rings. The lowest BCUT2D eigenvalue weighted by molar-refractivity contribution is -0.132. The van der Waals surface area contributed by atoms with Gasteiger partial charge in [-0.2, -0.15) is 0 Å². The van der Waals surface area contributed by atoms with E-state index in [9.17, 15) is 14.7 Å². The molecule has 0 bridgehead atoms. The standard InChI is InChI=1S/C26H22BrNO5/c1-3-33-19-11-7-8-16(14-19)23-22(24(29)17-12-13-21(32-2)20(27)15-17)25(30)26(31)28(23)18-9-5-4-6-10-18/h4-15,23,29H,3H2,1-2H3/b24-22+. The van der Waals surface area contributed by atoms with E-state index in [-0.39, 0.29) is 11.3 Å². The highest BCUT2D eigenvalue weighted by molar-refractivity contribution is 9.10. The summed E-state index contributed by atoms with van der Waals surface area (Å²) in [5, 5.41) is 11.3. The minimum atomic E-state index is -0.825. The molecular formula is C26H22BrNO5. The first-order valence-electron chi connectivity index (χ1n) is 10.4. The first kappa shape index (κ1) is 22.6. The molecule has 4 rings (SSSR count). The number of anilines is 1. The van der Waals surface area contributed by atoms with Crippen molar-refractivity contribution in [2.45, 2.75) is 13.0 Å². The molecular weight excluding hydrogens is 486 g/mol. The number of Topliss-reactive ketones (excluding diaryl/α,β-unsaturated/α-hetero) is 1. The van der Waals surface area contributed by atoms with Gasteiger partial charge in [0.2, 0.25) is 0 Å². The van der Waals surface area contributed by atoms with E-state index in [1.54, 1.807) is 54.6 Å². The Hall–Kier alpha value is -3.58. The lowest BCUT2D eigenvalue weighted by Crippen LogP contribution is -2.29. The van der Waals surface area contributed by atoms with E-state index >= 15 is 0 Å². The molecule has 0 spiro atoms. The monoisotopic (exact) mass is 507 g/mol. The number of methoxy groups -OCH3 is 1. The highest BCUT2D eigenvalue weighted by Gasteiger charge is 2.47. The molecule has 1 saturated heterocycles. The van der Waals surface area contributed by atoms with Crippen molar-refractivity contribution in [3.8, 4) is 11.5 Å². The van der Waals surface area contributed by atoms with Crippen LogP contribution in [0.1, 0.15) is 24.1 Å². The van der Waals surface area contributed by atoms with Crippen molar-refractivity contribution in [1.29, 1.82) is 0 Å². The van der Waals surface area contributed by atoms with Gasteiger partial charge in [-0.1, -0.05) is 30.3 Å². The van der Waals surface area contributed by atoms with Crippen LogP contribution in [0.2, 0.25) is 0 Å². The molecule has 1 aliphatic rings. The van der Waals surface area contributed by atoms with E-state index in [1.165, 1.54) is 12.0 Å². The van der Waals surface area contributed by atoms with Crippen LogP contribution in [0, 0.1) is 0 Å². The molecule has 33 heavy (non-hydrogen) atoms. The summed E-state index contributed by atoms with van der Waals surface area (Å²) in [6.07, 6.45) is 0. The third-order valence-corrected chi connectivity index (χ3v) is 6.01. The molecule has 1 aliphatic heterocycles. The maximum atomic E-state index is 13.2. The average Bonchev–Trinajstić information content (AvgIpc) is 3.10. The first-order chi connectivity index (χ1) is 16.0. The van der Waals surface area contributed by atoms with Crippen molar-refractivity contribution in [1.82, 2.24) is 0 Å². The summed E-state index contributed by atoms with van der Waals surface area (Å²) >= 11 is 3.41. The number of ketones is 1. The Morgan fingerprint density at radius 2 is 1.79 bits per heavy atom. The summed E-state index contributed by atoms with van der Waals surface area (Å²) in [5.41, 5.74) is 1.61. The molecule has 0 saturated carbocycles. The molecule has 6 nitrogen and oxygen atoms in total. The molecule has 7 heteroatoms. The molecule has 1 atom stereocenters. The fourth-order valence-electron chi connectivity index (χ4n) is 3.91. The van der Waals surface area contributed by atoms with Crippen molar-refractivity contribution in [3.05, 3.63) is 94.0 Å². The predicted octanol–water partition coefficient (Wildman–Crippen LogP) is 5.48. The summed E-state index contributed by atoms with van der Waals surface area (Å²) in [7, 11) is 1.54. The Kier molecular flexibility index (Phi) is 6.51. The Labute approximate surface area is 200 Å². The Bertz CT molecular complexity index is 1240. The lowest BCUT2D eigenvalue weighted by atomic mass is 9.95. The lowest BCUT2D eigenvalue weighted by Gasteiger charge is -2.25. The normalized spacial score (nSPS) is 17.3. The van der Waals surface area contributed by atoms with Crippen molar-refractivity contribution in [3.63, 3.8) is 0 Å². The molecule has 1 amide bonds. The number of carbonyl (C=O) groups is 2. The number of halogens is 1. The van der Waals surface area contributed by atoms with E-state index in [2.05, 4.69) is 15.9 Å². The fourth-order valence-corrected chi connectivity index (χ4v) is 4.45. The van der Waals surface area contributed by atoms with E-state index in [1.807, 2.05) is 25.1 Å². The van der Waals surface area contributed by atoms with Gasteiger partial charge in [0.1, 0.15) is 17.3 Å². The third-order valence-electron chi connectivity index (χ3n) is 5.39. The minimum Gasteiger partial charge on any atom is -0.507 e. The van der Waals surface area contributed by atoms with Gasteiger partial charge in [-0.3, -0.25) is 14.5 Å². The van der Waals surface area contributed by atoms with Crippen molar-refractivity contribution < 1.29 is 24.2 Å². The molecule has 0 aromatic heterocycles. The Morgan fingerprint density at radius 3 is 2.45 bits per heavy atom. The largest absolute Gasteiger partial charge is 0.507 e. The number of hydrogen-bond acceptors (Lipinski definition) is 5. The highest BCUT2D eigenvalue weighted by Crippen LogP contribution is 2.43. The third kappa shape index (κ3) is 4.24. The number of nitrogens with zero attached hydrogens (tertiary/aromatic N) is 1. The van der Waals surface area contributed by atoms with Gasteiger partial charge in [0.25, 0.3) is 11.7 Å². The predicted molar refractivity (Wildman–Crippen MR) is 130 cm³/mol. The average molecular weight is 508 g/mol. The molecule has 0 aliphatic carbocycles. The molecule has 1 N–H and O–H groups in total. The van der Waals surface area contributed by atoms with E-state index < -0.39 is 17.7 Å². The molecule has 1 fully saturated rings. The van der Waals surface area contributed by atoms with Crippen LogP contribution in [0.5, 0.6) is 11.5 Å². The maximum Gasteiger partial charge on any atom is 0.300 e. The second kappa shape index (κ2) is 9.50. The second-order valence-corrected chi connectivity index (χ2v) is 8.21. The van der Waals surface area contributed by atoms with Crippen LogP contribution in [-0.4, -0.2) is 30.5 Å². The smallest absolute Gasteiger partial charge is 0.300 e. The SMILES string of the molecule is CCOc1cccc(C2/C(=C(\O)c3ccc(OC)c(Br)c3)C(=O)C(=O)N2c2ccccc2)c1. The van der Waals surface area contributed by atoms with Crippen LogP contribution in [0.3, 0.4) is 0 Å². The number of aliphatic hydroxyl groups is 1. The van der Waals surface area contributed by atoms with Gasteiger partial charge >= 0.3 is 0 Å². The van der Waals surface area contributed by atoms with Gasteiger partial charge in [-0.15, -0.1) is 0 Å². The van der Waals surface area contributed by atoms with Crippen molar-refractivity contribution in [2.24, 2.45) is 0 Å². The zero-order valence-corrected chi connectivity index (χ0v) is 19.7. The summed E-state index contributed by atoms with van der Waals surface area (Å²) in [6, 6.07) is 20.3. The zero-order valence-electron chi connectivity index (χ0n) is 18.1. The number of hydrogen-bond donors (Lipinski definition) is 1. The number of carbonyl (C=O) groups excluding carboxylic acids is 2. The summed E-state index contributed by atoms with van der Waals surface area (Å²) in [4.78, 5) is 27.8. The Morgan fingerprint density at radius 1 is 1.03 bits per heavy atom. The molecule has 3 aromatic carbocycles. The van der Waals surface area contributed by atoms with Crippen LogP contribution in [0.4, 0.5) is 5.69 Å². The Balaban J connectivity index is 1.93. The van der Waals surface area contributed by atoms with Crippen molar-refractivity contribution in [2.75, 3.05) is 18.6 Å². The second-order valence-electron chi connectivity index (χ2n) is 7.36. The van der Waals surface area contributed by atoms with Crippen LogP contribution in [0.25, 0.3) is 5.76 Å². The zero-order chi connectivity index (χ0) is 23.5. The van der Waals surface area contributed by atoms with Crippen LogP contribution < -0.4 is 14.4 Å². The van der Waals surface area contributed by atoms with Crippen LogP contribution in [-0.2, 0) is 9.59 Å². The van der Waals surface area contributed by atoms with Gasteiger partial charge in [0.05, 0.1) is 29.8 Å². The molecule has 168 valence electrons. The number of benzene rings is 3. The molecule has 0 radical (unpaired) electrons. The van der Waals surface area contributed by atoms with Crippen LogP contribution in [0.15, 0.2) is 82.8 Å². The summed E-state index contributed by atoms with van der Waals surface area (Å²) in [6.45, 7) is 2.35. The quantitative estimate of drug-likeness (QED) is 0.271. The first-order valence-corrected chi connectivity index (χ1v) is 11.2. The van der Waals surface area contributed by atoms with E-state index in [4.69, 9.17) is 9.47 Å². The van der Waals surface area contributed by atoms with Crippen molar-refractivity contribution >= 4 is 39.1 Å². The topological polar surface area (TPSA) is 76.1 Å². The number of aliphatic hydroxyl groups excluding tert-OH is 1. The maximum absolute atomic E-state index is 13.2. The highest BCUT2D eigenvalue weighted by atomic mass is 79.9. The minimum absolute atomic E-state index is 0.00886. The summed E-state index contributed by atoms with van der Waals surface area (Å²) in [5.74, 6) is -0.530. The van der Waals surface area contributed by atoms with E-state index in [0.717, 1.165) is 0 Å². The van der Waals surface area contributed by atoms with Crippen LogP contribution >= 0.6 is 15.9 Å². The molecule has 1 heterocycles.